The summed E-state index contributed by atoms with van der Waals surface area (Å²) in [5, 5.41) is 3.10. The van der Waals surface area contributed by atoms with Gasteiger partial charge in [0.2, 0.25) is 0 Å². The fourth-order valence-corrected chi connectivity index (χ4v) is 2.09. The molecule has 1 aromatic carbocycles. The van der Waals surface area contributed by atoms with E-state index in [0.29, 0.717) is 6.61 Å². The third-order valence-corrected chi connectivity index (χ3v) is 3.32. The molecule has 0 fully saturated rings. The lowest BCUT2D eigenvalue weighted by molar-refractivity contribution is 0.267. The van der Waals surface area contributed by atoms with Gasteiger partial charge >= 0.3 is 0 Å². The Morgan fingerprint density at radius 3 is 2.63 bits per heavy atom. The van der Waals surface area contributed by atoms with E-state index in [2.05, 4.69) is 38.2 Å². The maximum atomic E-state index is 5.91. The van der Waals surface area contributed by atoms with Gasteiger partial charge in [0.15, 0.2) is 0 Å². The van der Waals surface area contributed by atoms with Gasteiger partial charge in [-0.25, -0.2) is 0 Å². The lowest BCUT2D eigenvalue weighted by Crippen LogP contribution is -2.03. The van der Waals surface area contributed by atoms with E-state index in [1.54, 1.807) is 6.26 Å². The molecule has 102 valence electrons. The predicted octanol–water partition coefficient (Wildman–Crippen LogP) is 3.50. The van der Waals surface area contributed by atoms with Crippen molar-refractivity contribution in [3.8, 4) is 5.75 Å². The highest BCUT2D eigenvalue weighted by Crippen LogP contribution is 2.26. The first kappa shape index (κ1) is 13.7. The van der Waals surface area contributed by atoms with Gasteiger partial charge in [-0.3, -0.25) is 0 Å². The molecule has 0 aliphatic heterocycles. The zero-order chi connectivity index (χ0) is 13.8. The van der Waals surface area contributed by atoms with Crippen molar-refractivity contribution in [3.63, 3.8) is 0 Å². The first-order valence-corrected chi connectivity index (χ1v) is 6.52. The molecule has 0 spiro atoms. The minimum absolute atomic E-state index is 0.467. The lowest BCUT2D eigenvalue weighted by Gasteiger charge is -2.12. The Kier molecular flexibility index (Phi) is 4.27. The molecule has 0 aliphatic carbocycles. The molecule has 3 nitrogen and oxygen atoms in total. The lowest BCUT2D eigenvalue weighted by atomic mass is 10.1. The van der Waals surface area contributed by atoms with E-state index in [1.165, 1.54) is 11.1 Å². The molecule has 1 aromatic heterocycles. The van der Waals surface area contributed by atoms with E-state index in [0.717, 1.165) is 29.2 Å². The molecular formula is C16H21NO2. The summed E-state index contributed by atoms with van der Waals surface area (Å²) < 4.78 is 11.4. The van der Waals surface area contributed by atoms with Crippen LogP contribution in [0.5, 0.6) is 5.75 Å². The molecule has 0 unspecified atom stereocenters. The summed E-state index contributed by atoms with van der Waals surface area (Å²) in [6.07, 6.45) is 1.77. The van der Waals surface area contributed by atoms with Crippen molar-refractivity contribution in [3.05, 3.63) is 52.5 Å². The summed E-state index contributed by atoms with van der Waals surface area (Å²) in [4.78, 5) is 0. The Morgan fingerprint density at radius 1 is 1.16 bits per heavy atom. The van der Waals surface area contributed by atoms with E-state index in [4.69, 9.17) is 9.15 Å². The molecule has 0 aliphatic rings. The number of rotatable bonds is 5. The molecule has 2 rings (SSSR count). The van der Waals surface area contributed by atoms with Crippen molar-refractivity contribution in [2.45, 2.75) is 33.9 Å². The van der Waals surface area contributed by atoms with Gasteiger partial charge in [-0.05, 0) is 50.6 Å². The number of nitrogens with one attached hydrogen (secondary N) is 1. The Balaban J connectivity index is 2.07. The standard InChI is InChI=1S/C16H21NO2/c1-11-5-6-12(2)16(13(11)3)19-10-15-7-14(8-17-4)9-18-15/h5-7,9,17H,8,10H2,1-4H3. The van der Waals surface area contributed by atoms with E-state index in [1.807, 2.05) is 13.1 Å². The van der Waals surface area contributed by atoms with Gasteiger partial charge in [-0.2, -0.15) is 0 Å². The Bertz CT molecular complexity index is 558. The predicted molar refractivity (Wildman–Crippen MR) is 76.5 cm³/mol. The Hall–Kier alpha value is -1.74. The smallest absolute Gasteiger partial charge is 0.146 e. The second-order valence-electron chi connectivity index (χ2n) is 4.89. The zero-order valence-electron chi connectivity index (χ0n) is 12.0. The van der Waals surface area contributed by atoms with Gasteiger partial charge < -0.3 is 14.5 Å². The summed E-state index contributed by atoms with van der Waals surface area (Å²) in [6, 6.07) is 6.23. The van der Waals surface area contributed by atoms with Gasteiger partial charge in [0, 0.05) is 12.1 Å². The molecule has 3 heteroatoms. The van der Waals surface area contributed by atoms with Crippen LogP contribution in [-0.4, -0.2) is 7.05 Å². The van der Waals surface area contributed by atoms with Crippen molar-refractivity contribution >= 4 is 0 Å². The topological polar surface area (TPSA) is 34.4 Å². The van der Waals surface area contributed by atoms with Crippen LogP contribution < -0.4 is 10.1 Å². The highest BCUT2D eigenvalue weighted by molar-refractivity contribution is 5.44. The number of aryl methyl sites for hydroxylation is 2. The molecular weight excluding hydrogens is 238 g/mol. The van der Waals surface area contributed by atoms with E-state index >= 15 is 0 Å². The van der Waals surface area contributed by atoms with Gasteiger partial charge in [0.05, 0.1) is 6.26 Å². The third-order valence-electron chi connectivity index (χ3n) is 3.32. The average Bonchev–Trinajstić information content (AvgIpc) is 2.82. The first-order chi connectivity index (χ1) is 9.11. The van der Waals surface area contributed by atoms with Crippen molar-refractivity contribution in [2.24, 2.45) is 0 Å². The number of benzene rings is 1. The average molecular weight is 259 g/mol. The second-order valence-corrected chi connectivity index (χ2v) is 4.89. The van der Waals surface area contributed by atoms with Gasteiger partial charge in [-0.1, -0.05) is 12.1 Å². The van der Waals surface area contributed by atoms with Crippen molar-refractivity contribution in [1.82, 2.24) is 5.32 Å². The molecule has 0 bridgehead atoms. The highest BCUT2D eigenvalue weighted by Gasteiger charge is 2.08. The third kappa shape index (κ3) is 3.18. The molecule has 0 radical (unpaired) electrons. The number of furan rings is 1. The van der Waals surface area contributed by atoms with Crippen LogP contribution in [0.25, 0.3) is 0 Å². The molecule has 2 aromatic rings. The maximum absolute atomic E-state index is 5.91. The molecule has 0 saturated heterocycles. The van der Waals surface area contributed by atoms with Crippen LogP contribution in [0.3, 0.4) is 0 Å². The number of hydrogen-bond acceptors (Lipinski definition) is 3. The summed E-state index contributed by atoms with van der Waals surface area (Å²) in [5.41, 5.74) is 4.74. The summed E-state index contributed by atoms with van der Waals surface area (Å²) in [7, 11) is 1.92. The van der Waals surface area contributed by atoms with Crippen LogP contribution in [0.4, 0.5) is 0 Å². The second kappa shape index (κ2) is 5.93. The zero-order valence-corrected chi connectivity index (χ0v) is 12.0. The Labute approximate surface area is 114 Å². The van der Waals surface area contributed by atoms with Crippen LogP contribution in [0.15, 0.2) is 28.9 Å². The van der Waals surface area contributed by atoms with Crippen LogP contribution >= 0.6 is 0 Å². The van der Waals surface area contributed by atoms with Crippen LogP contribution in [0.1, 0.15) is 28.0 Å². The largest absolute Gasteiger partial charge is 0.485 e. The molecule has 1 N–H and O–H groups in total. The Morgan fingerprint density at radius 2 is 1.89 bits per heavy atom. The minimum atomic E-state index is 0.467. The SMILES string of the molecule is CNCc1coc(COc2c(C)ccc(C)c2C)c1. The first-order valence-electron chi connectivity index (χ1n) is 6.52. The van der Waals surface area contributed by atoms with Crippen LogP contribution in [0.2, 0.25) is 0 Å². The maximum Gasteiger partial charge on any atom is 0.146 e. The highest BCUT2D eigenvalue weighted by atomic mass is 16.5. The molecule has 0 saturated carbocycles. The number of ether oxygens (including phenoxy) is 1. The minimum Gasteiger partial charge on any atom is -0.485 e. The summed E-state index contributed by atoms with van der Waals surface area (Å²) in [5.74, 6) is 1.82. The van der Waals surface area contributed by atoms with Gasteiger partial charge in [-0.15, -0.1) is 0 Å². The monoisotopic (exact) mass is 259 g/mol. The van der Waals surface area contributed by atoms with Crippen molar-refractivity contribution < 1.29 is 9.15 Å². The molecule has 1 heterocycles. The van der Waals surface area contributed by atoms with Crippen LogP contribution in [-0.2, 0) is 13.2 Å². The molecule has 19 heavy (non-hydrogen) atoms. The summed E-state index contributed by atoms with van der Waals surface area (Å²) >= 11 is 0. The van der Waals surface area contributed by atoms with E-state index < -0.39 is 0 Å². The van der Waals surface area contributed by atoms with E-state index in [9.17, 15) is 0 Å². The van der Waals surface area contributed by atoms with Gasteiger partial charge in [0.1, 0.15) is 18.1 Å². The normalized spacial score (nSPS) is 10.7. The van der Waals surface area contributed by atoms with Crippen molar-refractivity contribution in [2.75, 3.05) is 7.05 Å². The van der Waals surface area contributed by atoms with Gasteiger partial charge in [0.25, 0.3) is 0 Å². The van der Waals surface area contributed by atoms with E-state index in [-0.39, 0.29) is 0 Å². The molecule has 0 atom stereocenters. The molecule has 0 amide bonds. The van der Waals surface area contributed by atoms with Crippen molar-refractivity contribution in [1.29, 1.82) is 0 Å². The summed E-state index contributed by atoms with van der Waals surface area (Å²) in [6.45, 7) is 7.53. The number of hydrogen-bond donors (Lipinski definition) is 1. The fourth-order valence-electron chi connectivity index (χ4n) is 2.09. The van der Waals surface area contributed by atoms with Crippen LogP contribution in [0, 0.1) is 20.8 Å². The fraction of sp³-hybridized carbons (Fsp3) is 0.375. The quantitative estimate of drug-likeness (QED) is 0.892.